The fourth-order valence-electron chi connectivity index (χ4n) is 2.15. The molecule has 2 aromatic rings. The van der Waals surface area contributed by atoms with E-state index in [-0.39, 0.29) is 5.91 Å². The number of anilines is 1. The Morgan fingerprint density at radius 3 is 2.48 bits per heavy atom. The zero-order valence-corrected chi connectivity index (χ0v) is 16.3. The molecule has 25 heavy (non-hydrogen) atoms. The first-order valence-electron chi connectivity index (χ1n) is 7.50. The molecule has 0 aliphatic carbocycles. The molecular weight excluding hydrogens is 380 g/mol. The number of hydrogen-bond donors (Lipinski definition) is 2. The second-order valence-corrected chi connectivity index (χ2v) is 8.76. The van der Waals surface area contributed by atoms with Crippen molar-refractivity contribution in [2.75, 3.05) is 23.3 Å². The molecule has 0 aliphatic rings. The minimum Gasteiger partial charge on any atom is -0.351 e. The predicted molar refractivity (Wildman–Crippen MR) is 104 cm³/mol. The summed E-state index contributed by atoms with van der Waals surface area (Å²) in [5, 5.41) is 3.54. The molecule has 2 rings (SSSR count). The van der Waals surface area contributed by atoms with Crippen LogP contribution in [0.25, 0.3) is 0 Å². The standard InChI is InChI=1S/C17H19ClN2O3S2/c1-12-15(4-3-5-16(12)20-25(2,22)23)17(21)19-10-11-24-14-8-6-13(18)7-9-14/h3-9,20H,10-11H2,1-2H3,(H,19,21). The molecule has 0 spiro atoms. The van der Waals surface area contributed by atoms with Gasteiger partial charge in [0, 0.05) is 27.8 Å². The maximum Gasteiger partial charge on any atom is 0.251 e. The number of benzene rings is 2. The molecule has 0 unspecified atom stereocenters. The van der Waals surface area contributed by atoms with Crippen LogP contribution in [0.1, 0.15) is 15.9 Å². The zero-order valence-electron chi connectivity index (χ0n) is 13.9. The average molecular weight is 399 g/mol. The van der Waals surface area contributed by atoms with Crippen LogP contribution in [-0.2, 0) is 10.0 Å². The molecular formula is C17H19ClN2O3S2. The van der Waals surface area contributed by atoms with Crippen LogP contribution >= 0.6 is 23.4 Å². The first-order valence-corrected chi connectivity index (χ1v) is 10.8. The van der Waals surface area contributed by atoms with Crippen molar-refractivity contribution >= 4 is 45.0 Å². The highest BCUT2D eigenvalue weighted by Gasteiger charge is 2.13. The molecule has 0 bridgehead atoms. The molecule has 0 radical (unpaired) electrons. The maximum atomic E-state index is 12.3. The fraction of sp³-hybridized carbons (Fsp3) is 0.235. The number of carbonyl (C=O) groups excluding carboxylic acids is 1. The van der Waals surface area contributed by atoms with Crippen molar-refractivity contribution in [3.8, 4) is 0 Å². The number of hydrogen-bond acceptors (Lipinski definition) is 4. The summed E-state index contributed by atoms with van der Waals surface area (Å²) in [6, 6.07) is 12.5. The number of thioether (sulfide) groups is 1. The van der Waals surface area contributed by atoms with Crippen LogP contribution in [0.5, 0.6) is 0 Å². The summed E-state index contributed by atoms with van der Waals surface area (Å²) in [6.07, 6.45) is 1.08. The lowest BCUT2D eigenvalue weighted by Crippen LogP contribution is -2.26. The van der Waals surface area contributed by atoms with Gasteiger partial charge in [-0.05, 0) is 48.9 Å². The van der Waals surface area contributed by atoms with E-state index in [0.29, 0.717) is 34.1 Å². The van der Waals surface area contributed by atoms with Crippen LogP contribution in [0.2, 0.25) is 5.02 Å². The van der Waals surface area contributed by atoms with E-state index in [1.165, 1.54) is 0 Å². The molecule has 0 heterocycles. The van der Waals surface area contributed by atoms with E-state index >= 15 is 0 Å². The van der Waals surface area contributed by atoms with Gasteiger partial charge in [-0.15, -0.1) is 11.8 Å². The van der Waals surface area contributed by atoms with E-state index in [9.17, 15) is 13.2 Å². The predicted octanol–water partition coefficient (Wildman–Crippen LogP) is 3.54. The van der Waals surface area contributed by atoms with Gasteiger partial charge in [0.2, 0.25) is 10.0 Å². The lowest BCUT2D eigenvalue weighted by molar-refractivity contribution is 0.0955. The molecule has 2 aromatic carbocycles. The van der Waals surface area contributed by atoms with Gasteiger partial charge in [-0.2, -0.15) is 0 Å². The summed E-state index contributed by atoms with van der Waals surface area (Å²) >= 11 is 7.46. The molecule has 1 amide bonds. The normalized spacial score (nSPS) is 11.2. The summed E-state index contributed by atoms with van der Waals surface area (Å²) in [4.78, 5) is 13.4. The summed E-state index contributed by atoms with van der Waals surface area (Å²) < 4.78 is 25.2. The van der Waals surface area contributed by atoms with Crippen molar-refractivity contribution < 1.29 is 13.2 Å². The summed E-state index contributed by atoms with van der Waals surface area (Å²) in [7, 11) is -3.39. The van der Waals surface area contributed by atoms with Gasteiger partial charge in [0.15, 0.2) is 0 Å². The summed E-state index contributed by atoms with van der Waals surface area (Å²) in [6.45, 7) is 2.21. The Bertz CT molecular complexity index is 853. The third-order valence-electron chi connectivity index (χ3n) is 3.34. The van der Waals surface area contributed by atoms with E-state index in [1.54, 1.807) is 36.9 Å². The molecule has 2 N–H and O–H groups in total. The summed E-state index contributed by atoms with van der Waals surface area (Å²) in [5.74, 6) is 0.486. The molecule has 0 aliphatic heterocycles. The van der Waals surface area contributed by atoms with E-state index in [2.05, 4.69) is 10.0 Å². The zero-order chi connectivity index (χ0) is 18.4. The van der Waals surface area contributed by atoms with Gasteiger partial charge in [-0.25, -0.2) is 8.42 Å². The summed E-state index contributed by atoms with van der Waals surface area (Å²) in [5.41, 5.74) is 1.45. The third-order valence-corrected chi connectivity index (χ3v) is 5.20. The first-order chi connectivity index (χ1) is 11.8. The van der Waals surface area contributed by atoms with Gasteiger partial charge in [-0.3, -0.25) is 9.52 Å². The van der Waals surface area contributed by atoms with Gasteiger partial charge in [0.1, 0.15) is 0 Å². The quantitative estimate of drug-likeness (QED) is 0.552. The number of amides is 1. The van der Waals surface area contributed by atoms with Crippen LogP contribution in [0.3, 0.4) is 0 Å². The average Bonchev–Trinajstić information content (AvgIpc) is 2.54. The van der Waals surface area contributed by atoms with Crippen molar-refractivity contribution in [3.63, 3.8) is 0 Å². The number of halogens is 1. The number of nitrogens with one attached hydrogen (secondary N) is 2. The second kappa shape index (κ2) is 8.60. The molecule has 0 aromatic heterocycles. The van der Waals surface area contributed by atoms with Crippen LogP contribution < -0.4 is 10.0 Å². The van der Waals surface area contributed by atoms with E-state index in [0.717, 1.165) is 11.2 Å². The number of rotatable bonds is 7. The smallest absolute Gasteiger partial charge is 0.251 e. The highest BCUT2D eigenvalue weighted by atomic mass is 35.5. The molecule has 0 atom stereocenters. The van der Waals surface area contributed by atoms with Crippen LogP contribution in [-0.4, -0.2) is 32.9 Å². The Labute approximate surface area is 157 Å². The Morgan fingerprint density at radius 2 is 1.84 bits per heavy atom. The fourth-order valence-corrected chi connectivity index (χ4v) is 3.67. The second-order valence-electron chi connectivity index (χ2n) is 5.41. The van der Waals surface area contributed by atoms with Crippen molar-refractivity contribution in [3.05, 3.63) is 58.6 Å². The lowest BCUT2D eigenvalue weighted by atomic mass is 10.1. The van der Waals surface area contributed by atoms with E-state index in [4.69, 9.17) is 11.6 Å². The molecule has 134 valence electrons. The number of sulfonamides is 1. The lowest BCUT2D eigenvalue weighted by Gasteiger charge is -2.12. The third kappa shape index (κ3) is 6.26. The SMILES string of the molecule is Cc1c(NS(C)(=O)=O)cccc1C(=O)NCCSc1ccc(Cl)cc1. The monoisotopic (exact) mass is 398 g/mol. The van der Waals surface area contributed by atoms with Crippen molar-refractivity contribution in [2.24, 2.45) is 0 Å². The molecule has 8 heteroatoms. The molecule has 0 saturated carbocycles. The van der Waals surface area contributed by atoms with Gasteiger partial charge in [0.05, 0.1) is 11.9 Å². The maximum absolute atomic E-state index is 12.3. The van der Waals surface area contributed by atoms with E-state index in [1.807, 2.05) is 24.3 Å². The van der Waals surface area contributed by atoms with E-state index < -0.39 is 10.0 Å². The van der Waals surface area contributed by atoms with Gasteiger partial charge >= 0.3 is 0 Å². The van der Waals surface area contributed by atoms with Crippen LogP contribution in [0, 0.1) is 6.92 Å². The Hall–Kier alpha value is -1.70. The molecule has 0 saturated heterocycles. The van der Waals surface area contributed by atoms with Crippen molar-refractivity contribution in [2.45, 2.75) is 11.8 Å². The van der Waals surface area contributed by atoms with Crippen LogP contribution in [0.15, 0.2) is 47.4 Å². The van der Waals surface area contributed by atoms with Crippen LogP contribution in [0.4, 0.5) is 5.69 Å². The van der Waals surface area contributed by atoms with Gasteiger partial charge < -0.3 is 5.32 Å². The molecule has 0 fully saturated rings. The minimum atomic E-state index is -3.39. The highest BCUT2D eigenvalue weighted by molar-refractivity contribution is 7.99. The number of carbonyl (C=O) groups is 1. The highest BCUT2D eigenvalue weighted by Crippen LogP contribution is 2.21. The molecule has 5 nitrogen and oxygen atoms in total. The largest absolute Gasteiger partial charge is 0.351 e. The van der Waals surface area contributed by atoms with Crippen molar-refractivity contribution in [1.82, 2.24) is 5.32 Å². The van der Waals surface area contributed by atoms with Gasteiger partial charge in [-0.1, -0.05) is 17.7 Å². The minimum absolute atomic E-state index is 0.230. The Kier molecular flexibility index (Phi) is 6.75. The van der Waals surface area contributed by atoms with Gasteiger partial charge in [0.25, 0.3) is 5.91 Å². The Morgan fingerprint density at radius 1 is 1.16 bits per heavy atom. The Balaban J connectivity index is 1.92. The van der Waals surface area contributed by atoms with Crippen molar-refractivity contribution in [1.29, 1.82) is 0 Å². The topological polar surface area (TPSA) is 75.3 Å². The first kappa shape index (κ1) is 19.6.